The molecular weight excluding hydrogens is 307 g/mol. The van der Waals surface area contributed by atoms with Crippen LogP contribution in [0.5, 0.6) is 0 Å². The van der Waals surface area contributed by atoms with Crippen molar-refractivity contribution in [3.05, 3.63) is 23.8 Å². The molecule has 3 N–H and O–H groups in total. The van der Waals surface area contributed by atoms with Crippen LogP contribution in [0, 0.1) is 5.92 Å². The van der Waals surface area contributed by atoms with E-state index in [0.29, 0.717) is 18.8 Å². The van der Waals surface area contributed by atoms with Crippen molar-refractivity contribution in [3.8, 4) is 0 Å². The van der Waals surface area contributed by atoms with E-state index >= 15 is 0 Å². The van der Waals surface area contributed by atoms with Gasteiger partial charge in [0.15, 0.2) is 0 Å². The predicted molar refractivity (Wildman–Crippen MR) is 84.4 cm³/mol. The number of hydrogen-bond donors (Lipinski definition) is 3. The van der Waals surface area contributed by atoms with Crippen LogP contribution in [-0.2, 0) is 11.0 Å². The Kier molecular flexibility index (Phi) is 5.87. The van der Waals surface area contributed by atoms with Crippen LogP contribution in [0.15, 0.2) is 18.2 Å². The molecule has 7 heteroatoms. The van der Waals surface area contributed by atoms with E-state index in [4.69, 9.17) is 0 Å². The van der Waals surface area contributed by atoms with E-state index in [1.54, 1.807) is 0 Å². The lowest BCUT2D eigenvalue weighted by Crippen LogP contribution is -2.37. The molecule has 1 unspecified atom stereocenters. The van der Waals surface area contributed by atoms with Gasteiger partial charge in [0.2, 0.25) is 5.91 Å². The third-order valence-electron chi connectivity index (χ3n) is 3.84. The Hall–Kier alpha value is -1.76. The standard InChI is InChI=1S/C16H22F3N3O/c1-2-7-21-13-6-5-12(16(17,18)19)9-14(13)22-15(23)11-4-3-8-20-10-11/h5-6,9,11,20-21H,2-4,7-8,10H2,1H3,(H,22,23). The summed E-state index contributed by atoms with van der Waals surface area (Å²) in [5.41, 5.74) is -0.0718. The van der Waals surface area contributed by atoms with Crippen molar-refractivity contribution in [2.24, 2.45) is 5.92 Å². The van der Waals surface area contributed by atoms with Crippen molar-refractivity contribution >= 4 is 17.3 Å². The van der Waals surface area contributed by atoms with Crippen molar-refractivity contribution in [1.82, 2.24) is 5.32 Å². The molecule has 0 spiro atoms. The number of alkyl halides is 3. The number of benzene rings is 1. The average Bonchev–Trinajstić information content (AvgIpc) is 2.53. The fourth-order valence-electron chi connectivity index (χ4n) is 2.55. The Balaban J connectivity index is 2.19. The van der Waals surface area contributed by atoms with Gasteiger partial charge in [0.25, 0.3) is 0 Å². The maximum Gasteiger partial charge on any atom is 0.416 e. The second kappa shape index (κ2) is 7.68. The van der Waals surface area contributed by atoms with Crippen LogP contribution in [0.4, 0.5) is 24.5 Å². The quantitative estimate of drug-likeness (QED) is 0.775. The monoisotopic (exact) mass is 329 g/mol. The number of anilines is 2. The van der Waals surface area contributed by atoms with Gasteiger partial charge in [-0.25, -0.2) is 0 Å². The molecule has 1 atom stereocenters. The molecule has 1 saturated heterocycles. The van der Waals surface area contributed by atoms with Crippen LogP contribution in [-0.4, -0.2) is 25.5 Å². The maximum absolute atomic E-state index is 12.9. The molecule has 1 aromatic carbocycles. The molecule has 128 valence electrons. The lowest BCUT2D eigenvalue weighted by molar-refractivity contribution is -0.137. The molecule has 1 fully saturated rings. The van der Waals surface area contributed by atoms with Crippen LogP contribution >= 0.6 is 0 Å². The fourth-order valence-corrected chi connectivity index (χ4v) is 2.55. The molecule has 0 aromatic heterocycles. The zero-order chi connectivity index (χ0) is 16.9. The first-order valence-electron chi connectivity index (χ1n) is 7.88. The summed E-state index contributed by atoms with van der Waals surface area (Å²) in [5.74, 6) is -0.451. The number of rotatable bonds is 5. The van der Waals surface area contributed by atoms with E-state index in [1.165, 1.54) is 6.07 Å². The van der Waals surface area contributed by atoms with Crippen LogP contribution in [0.2, 0.25) is 0 Å². The third-order valence-corrected chi connectivity index (χ3v) is 3.84. The Morgan fingerprint density at radius 3 is 2.74 bits per heavy atom. The predicted octanol–water partition coefficient (Wildman–Crippen LogP) is 3.47. The number of halogens is 3. The maximum atomic E-state index is 12.9. The normalized spacial score (nSPS) is 18.5. The van der Waals surface area contributed by atoms with Gasteiger partial charge >= 0.3 is 6.18 Å². The van der Waals surface area contributed by atoms with Crippen molar-refractivity contribution < 1.29 is 18.0 Å². The molecule has 1 aliphatic rings. The summed E-state index contributed by atoms with van der Waals surface area (Å²) in [6.07, 6.45) is -1.97. The van der Waals surface area contributed by atoms with Gasteiger partial charge in [-0.15, -0.1) is 0 Å². The molecule has 0 saturated carbocycles. The zero-order valence-electron chi connectivity index (χ0n) is 13.1. The number of carbonyl (C=O) groups is 1. The summed E-state index contributed by atoms with van der Waals surface area (Å²) in [5, 5.41) is 8.84. The Morgan fingerprint density at radius 1 is 1.35 bits per heavy atom. The molecule has 4 nitrogen and oxygen atoms in total. The lowest BCUT2D eigenvalue weighted by Gasteiger charge is -2.23. The van der Waals surface area contributed by atoms with E-state index in [1.807, 2.05) is 6.92 Å². The first-order chi connectivity index (χ1) is 10.9. The molecule has 0 bridgehead atoms. The number of carbonyl (C=O) groups excluding carboxylic acids is 1. The SMILES string of the molecule is CCCNc1ccc(C(F)(F)F)cc1NC(=O)C1CCCNC1. The second-order valence-corrected chi connectivity index (χ2v) is 5.72. The van der Waals surface area contributed by atoms with E-state index in [9.17, 15) is 18.0 Å². The molecule has 1 aliphatic heterocycles. The van der Waals surface area contributed by atoms with Gasteiger partial charge in [-0.05, 0) is 44.0 Å². The minimum absolute atomic E-state index is 0.184. The van der Waals surface area contributed by atoms with Gasteiger partial charge in [-0.1, -0.05) is 6.92 Å². The van der Waals surface area contributed by atoms with E-state index < -0.39 is 11.7 Å². The van der Waals surface area contributed by atoms with Gasteiger partial charge < -0.3 is 16.0 Å². The largest absolute Gasteiger partial charge is 0.416 e. The summed E-state index contributed by atoms with van der Waals surface area (Å²) >= 11 is 0. The topological polar surface area (TPSA) is 53.2 Å². The zero-order valence-corrected chi connectivity index (χ0v) is 13.1. The summed E-state index contributed by atoms with van der Waals surface area (Å²) in [6, 6.07) is 3.38. The Labute approximate surface area is 133 Å². The van der Waals surface area contributed by atoms with Crippen LogP contribution in [0.25, 0.3) is 0 Å². The summed E-state index contributed by atoms with van der Waals surface area (Å²) < 4.78 is 38.7. The minimum atomic E-state index is -4.44. The minimum Gasteiger partial charge on any atom is -0.383 e. The Bertz CT molecular complexity index is 540. The Morgan fingerprint density at radius 2 is 2.13 bits per heavy atom. The number of piperidine rings is 1. The summed E-state index contributed by atoms with van der Waals surface area (Å²) in [7, 11) is 0. The number of hydrogen-bond acceptors (Lipinski definition) is 3. The summed E-state index contributed by atoms with van der Waals surface area (Å²) in [6.45, 7) is 4.02. The highest BCUT2D eigenvalue weighted by Gasteiger charge is 2.31. The van der Waals surface area contributed by atoms with Gasteiger partial charge in [0.05, 0.1) is 22.9 Å². The van der Waals surface area contributed by atoms with E-state index in [-0.39, 0.29) is 17.5 Å². The molecule has 0 radical (unpaired) electrons. The number of nitrogens with one attached hydrogen (secondary N) is 3. The van der Waals surface area contributed by atoms with Crippen molar-refractivity contribution in [2.75, 3.05) is 30.3 Å². The lowest BCUT2D eigenvalue weighted by atomic mass is 9.98. The second-order valence-electron chi connectivity index (χ2n) is 5.72. The van der Waals surface area contributed by atoms with Crippen LogP contribution in [0.3, 0.4) is 0 Å². The fraction of sp³-hybridized carbons (Fsp3) is 0.562. The molecule has 1 aromatic rings. The van der Waals surface area contributed by atoms with Crippen molar-refractivity contribution in [1.29, 1.82) is 0 Å². The smallest absolute Gasteiger partial charge is 0.383 e. The highest BCUT2D eigenvalue weighted by molar-refractivity contribution is 5.96. The van der Waals surface area contributed by atoms with Crippen LogP contribution < -0.4 is 16.0 Å². The third kappa shape index (κ3) is 4.86. The van der Waals surface area contributed by atoms with Crippen molar-refractivity contribution in [2.45, 2.75) is 32.4 Å². The molecule has 1 heterocycles. The van der Waals surface area contributed by atoms with Crippen molar-refractivity contribution in [3.63, 3.8) is 0 Å². The molecule has 23 heavy (non-hydrogen) atoms. The average molecular weight is 329 g/mol. The van der Waals surface area contributed by atoms with E-state index in [2.05, 4.69) is 16.0 Å². The van der Waals surface area contributed by atoms with Crippen LogP contribution in [0.1, 0.15) is 31.7 Å². The van der Waals surface area contributed by atoms with Gasteiger partial charge in [-0.3, -0.25) is 4.79 Å². The molecular formula is C16H22F3N3O. The highest BCUT2D eigenvalue weighted by Crippen LogP contribution is 2.34. The van der Waals surface area contributed by atoms with E-state index in [0.717, 1.165) is 37.9 Å². The molecule has 0 aliphatic carbocycles. The molecule has 2 rings (SSSR count). The number of amides is 1. The first kappa shape index (κ1) is 17.6. The molecule has 1 amide bonds. The first-order valence-corrected chi connectivity index (χ1v) is 7.88. The van der Waals surface area contributed by atoms with Gasteiger partial charge in [-0.2, -0.15) is 13.2 Å². The van der Waals surface area contributed by atoms with Gasteiger partial charge in [0.1, 0.15) is 0 Å². The van der Waals surface area contributed by atoms with Gasteiger partial charge in [0, 0.05) is 13.1 Å². The summed E-state index contributed by atoms with van der Waals surface area (Å²) in [4.78, 5) is 12.3. The highest BCUT2D eigenvalue weighted by atomic mass is 19.4.